The molecular weight excluding hydrogens is 298 g/mol. The number of rotatable bonds is 2. The highest BCUT2D eigenvalue weighted by Crippen LogP contribution is 2.35. The molecule has 122 valence electrons. The Balaban J connectivity index is 1.95. The fourth-order valence-corrected chi connectivity index (χ4v) is 3.35. The second-order valence-electron chi connectivity index (χ2n) is 6.41. The summed E-state index contributed by atoms with van der Waals surface area (Å²) in [6, 6.07) is 14.1. The molecule has 4 rings (SSSR count). The van der Waals surface area contributed by atoms with E-state index in [0.717, 1.165) is 34.7 Å². The number of anilines is 3. The minimum absolute atomic E-state index is 0.463. The highest BCUT2D eigenvalue weighted by molar-refractivity contribution is 5.85. The summed E-state index contributed by atoms with van der Waals surface area (Å²) in [6.07, 6.45) is 2.36. The van der Waals surface area contributed by atoms with Crippen LogP contribution in [-0.4, -0.2) is 22.6 Å². The van der Waals surface area contributed by atoms with Gasteiger partial charge in [0.05, 0.1) is 22.4 Å². The maximum absolute atomic E-state index is 6.01. The molecule has 5 heteroatoms. The van der Waals surface area contributed by atoms with Gasteiger partial charge in [0.1, 0.15) is 5.69 Å². The minimum atomic E-state index is 0.463. The number of fused-ring (bicyclic) bond motifs is 1. The molecule has 1 aromatic heterocycles. The van der Waals surface area contributed by atoms with E-state index >= 15 is 0 Å². The Morgan fingerprint density at radius 1 is 1.00 bits per heavy atom. The summed E-state index contributed by atoms with van der Waals surface area (Å²) >= 11 is 0. The zero-order valence-electron chi connectivity index (χ0n) is 13.7. The van der Waals surface area contributed by atoms with Crippen molar-refractivity contribution in [2.75, 3.05) is 22.9 Å². The maximum atomic E-state index is 6.01. The summed E-state index contributed by atoms with van der Waals surface area (Å²) in [5.41, 5.74) is 16.7. The molecule has 4 N–H and O–H groups in total. The van der Waals surface area contributed by atoms with Crippen LogP contribution < -0.4 is 16.4 Å². The second kappa shape index (κ2) is 5.67. The van der Waals surface area contributed by atoms with E-state index in [1.165, 1.54) is 12.8 Å². The van der Waals surface area contributed by atoms with Gasteiger partial charge >= 0.3 is 0 Å². The lowest BCUT2D eigenvalue weighted by atomic mass is 10.1. The van der Waals surface area contributed by atoms with Crippen molar-refractivity contribution in [2.45, 2.75) is 25.8 Å². The van der Waals surface area contributed by atoms with Gasteiger partial charge in [-0.3, -0.25) is 0 Å². The monoisotopic (exact) mass is 319 g/mol. The van der Waals surface area contributed by atoms with Crippen LogP contribution >= 0.6 is 0 Å². The fraction of sp³-hybridized carbons (Fsp3) is 0.263. The maximum Gasteiger partial charge on any atom is 0.156 e. The number of nitrogens with two attached hydrogens (primary N) is 2. The Morgan fingerprint density at radius 2 is 1.75 bits per heavy atom. The highest BCUT2D eigenvalue weighted by atomic mass is 15.2. The number of aromatic nitrogens is 2. The topological polar surface area (TPSA) is 81.1 Å². The van der Waals surface area contributed by atoms with Crippen LogP contribution in [0.3, 0.4) is 0 Å². The highest BCUT2D eigenvalue weighted by Gasteiger charge is 2.25. The minimum Gasteiger partial charge on any atom is -0.397 e. The first-order chi connectivity index (χ1) is 11.6. The van der Waals surface area contributed by atoms with Crippen LogP contribution in [0.4, 0.5) is 17.2 Å². The van der Waals surface area contributed by atoms with Gasteiger partial charge in [-0.15, -0.1) is 0 Å². The molecule has 1 atom stereocenters. The number of nitrogen functional groups attached to an aromatic ring is 2. The Hall–Kier alpha value is -2.82. The number of hydrogen-bond donors (Lipinski definition) is 2. The van der Waals surface area contributed by atoms with Gasteiger partial charge in [-0.05, 0) is 44.0 Å². The molecule has 0 amide bonds. The molecule has 5 nitrogen and oxygen atoms in total. The van der Waals surface area contributed by atoms with Crippen LogP contribution in [0.15, 0.2) is 42.5 Å². The second-order valence-corrected chi connectivity index (χ2v) is 6.41. The molecule has 2 aromatic carbocycles. The molecule has 0 aliphatic carbocycles. The Kier molecular flexibility index (Phi) is 3.49. The molecule has 1 fully saturated rings. The van der Waals surface area contributed by atoms with E-state index in [9.17, 15) is 0 Å². The number of para-hydroxylation sites is 2. The van der Waals surface area contributed by atoms with Crippen molar-refractivity contribution in [1.29, 1.82) is 0 Å². The molecule has 2 heterocycles. The predicted octanol–water partition coefficient (Wildman–Crippen LogP) is 3.45. The van der Waals surface area contributed by atoms with Crippen molar-refractivity contribution in [3.05, 3.63) is 42.5 Å². The fourth-order valence-electron chi connectivity index (χ4n) is 3.35. The molecule has 1 saturated heterocycles. The first kappa shape index (κ1) is 14.8. The molecule has 3 aromatic rings. The molecule has 0 spiro atoms. The van der Waals surface area contributed by atoms with E-state index in [2.05, 4.69) is 11.8 Å². The summed E-state index contributed by atoms with van der Waals surface area (Å²) in [5, 5.41) is 0. The first-order valence-corrected chi connectivity index (χ1v) is 8.32. The average molecular weight is 319 g/mol. The summed E-state index contributed by atoms with van der Waals surface area (Å²) in [7, 11) is 0. The predicted molar refractivity (Wildman–Crippen MR) is 99.8 cm³/mol. The van der Waals surface area contributed by atoms with Crippen molar-refractivity contribution in [3.8, 4) is 11.3 Å². The largest absolute Gasteiger partial charge is 0.397 e. The molecule has 1 aliphatic rings. The van der Waals surface area contributed by atoms with Gasteiger partial charge < -0.3 is 16.4 Å². The smallest absolute Gasteiger partial charge is 0.156 e. The van der Waals surface area contributed by atoms with Crippen LogP contribution in [0.25, 0.3) is 22.3 Å². The average Bonchev–Trinajstić information content (AvgIpc) is 3.02. The SMILES string of the molecule is CC1CCCN1c1nc2ccccc2nc1-c1ccc(N)c(N)c1. The lowest BCUT2D eigenvalue weighted by Gasteiger charge is -2.25. The van der Waals surface area contributed by atoms with E-state index in [4.69, 9.17) is 21.4 Å². The third-order valence-electron chi connectivity index (χ3n) is 4.74. The van der Waals surface area contributed by atoms with Crippen molar-refractivity contribution in [3.63, 3.8) is 0 Å². The number of hydrogen-bond acceptors (Lipinski definition) is 5. The normalized spacial score (nSPS) is 17.5. The summed E-state index contributed by atoms with van der Waals surface area (Å²) in [6.45, 7) is 3.25. The lowest BCUT2D eigenvalue weighted by Crippen LogP contribution is -2.28. The van der Waals surface area contributed by atoms with Crippen LogP contribution in [0.5, 0.6) is 0 Å². The summed E-state index contributed by atoms with van der Waals surface area (Å²) in [4.78, 5) is 12.2. The van der Waals surface area contributed by atoms with Gasteiger partial charge in [0, 0.05) is 18.2 Å². The molecular formula is C19H21N5. The van der Waals surface area contributed by atoms with Crippen molar-refractivity contribution < 1.29 is 0 Å². The van der Waals surface area contributed by atoms with Crippen LogP contribution in [-0.2, 0) is 0 Å². The quantitative estimate of drug-likeness (QED) is 0.707. The number of benzene rings is 2. The van der Waals surface area contributed by atoms with Gasteiger partial charge in [-0.2, -0.15) is 0 Å². The molecule has 1 aliphatic heterocycles. The Bertz CT molecular complexity index is 905. The van der Waals surface area contributed by atoms with Crippen molar-refractivity contribution in [2.24, 2.45) is 0 Å². The van der Waals surface area contributed by atoms with Gasteiger partial charge in [0.15, 0.2) is 5.82 Å². The van der Waals surface area contributed by atoms with Gasteiger partial charge in [0.25, 0.3) is 0 Å². The third kappa shape index (κ3) is 2.42. The first-order valence-electron chi connectivity index (χ1n) is 8.32. The van der Waals surface area contributed by atoms with Gasteiger partial charge in [-0.1, -0.05) is 18.2 Å². The van der Waals surface area contributed by atoms with Crippen LogP contribution in [0, 0.1) is 0 Å². The molecule has 0 bridgehead atoms. The van der Waals surface area contributed by atoms with E-state index in [-0.39, 0.29) is 0 Å². The van der Waals surface area contributed by atoms with E-state index < -0.39 is 0 Å². The van der Waals surface area contributed by atoms with Gasteiger partial charge in [-0.25, -0.2) is 9.97 Å². The molecule has 1 unspecified atom stereocenters. The Labute approximate surface area is 141 Å². The van der Waals surface area contributed by atoms with E-state index in [0.29, 0.717) is 17.4 Å². The Morgan fingerprint density at radius 3 is 2.42 bits per heavy atom. The summed E-state index contributed by atoms with van der Waals surface area (Å²) in [5.74, 6) is 0.933. The van der Waals surface area contributed by atoms with Crippen LogP contribution in [0.2, 0.25) is 0 Å². The van der Waals surface area contributed by atoms with Gasteiger partial charge in [0.2, 0.25) is 0 Å². The van der Waals surface area contributed by atoms with E-state index in [1.54, 1.807) is 0 Å². The van der Waals surface area contributed by atoms with Crippen molar-refractivity contribution >= 4 is 28.2 Å². The van der Waals surface area contributed by atoms with Crippen molar-refractivity contribution in [1.82, 2.24) is 9.97 Å². The zero-order valence-corrected chi connectivity index (χ0v) is 13.7. The number of nitrogens with zero attached hydrogens (tertiary/aromatic N) is 3. The third-order valence-corrected chi connectivity index (χ3v) is 4.74. The lowest BCUT2D eigenvalue weighted by molar-refractivity contribution is 0.728. The van der Waals surface area contributed by atoms with Crippen LogP contribution in [0.1, 0.15) is 19.8 Å². The summed E-state index contributed by atoms with van der Waals surface area (Å²) < 4.78 is 0. The molecule has 0 radical (unpaired) electrons. The standard InChI is InChI=1S/C19H21N5/c1-12-5-4-10-24(12)19-18(13-8-9-14(20)15(21)11-13)22-16-6-2-3-7-17(16)23-19/h2-3,6-9,11-12H,4-5,10,20-21H2,1H3. The molecule has 24 heavy (non-hydrogen) atoms. The zero-order chi connectivity index (χ0) is 16.7. The van der Waals surface area contributed by atoms with E-state index in [1.807, 2.05) is 42.5 Å². The molecule has 0 saturated carbocycles.